The Kier molecular flexibility index (Phi) is 5.58. The summed E-state index contributed by atoms with van der Waals surface area (Å²) in [5.74, 6) is 0.814. The molecule has 3 rings (SSSR count). The quantitative estimate of drug-likeness (QED) is 0.798. The number of aliphatic hydroxyl groups excluding tert-OH is 1. The Balaban J connectivity index is 1.60. The predicted octanol–water partition coefficient (Wildman–Crippen LogP) is 2.35. The van der Waals surface area contributed by atoms with Crippen LogP contribution in [0.4, 0.5) is 10.5 Å². The maximum atomic E-state index is 12.6. The van der Waals surface area contributed by atoms with E-state index >= 15 is 0 Å². The molecule has 2 heterocycles. The van der Waals surface area contributed by atoms with Gasteiger partial charge in [0, 0.05) is 38.8 Å². The van der Waals surface area contributed by atoms with E-state index in [1.54, 1.807) is 12.1 Å². The summed E-state index contributed by atoms with van der Waals surface area (Å²) in [5.41, 5.74) is 1.39. The predicted molar refractivity (Wildman–Crippen MR) is 94.4 cm³/mol. The number of hydrogen-bond acceptors (Lipinski definition) is 4. The van der Waals surface area contributed by atoms with Crippen LogP contribution >= 0.6 is 11.6 Å². The normalized spacial score (nSPS) is 21.8. The highest BCUT2D eigenvalue weighted by Crippen LogP contribution is 2.31. The topological polar surface area (TPSA) is 68.7 Å². The van der Waals surface area contributed by atoms with Crippen molar-refractivity contribution in [1.29, 1.82) is 0 Å². The molecule has 1 aromatic rings. The largest absolute Gasteiger partial charge is 0.396 e. The zero-order chi connectivity index (χ0) is 17.1. The molecule has 132 valence electrons. The number of anilines is 1. The number of halogens is 1. The van der Waals surface area contributed by atoms with Crippen molar-refractivity contribution in [2.45, 2.75) is 32.2 Å². The Bertz CT molecular complexity index is 594. The van der Waals surface area contributed by atoms with Gasteiger partial charge in [0.15, 0.2) is 0 Å². The van der Waals surface area contributed by atoms with Crippen LogP contribution in [0.5, 0.6) is 0 Å². The number of piperazine rings is 1. The van der Waals surface area contributed by atoms with Gasteiger partial charge in [0.2, 0.25) is 0 Å². The lowest BCUT2D eigenvalue weighted by Gasteiger charge is -2.41. The molecule has 2 aliphatic rings. The van der Waals surface area contributed by atoms with Crippen LogP contribution in [-0.2, 0) is 0 Å². The molecule has 7 heteroatoms. The summed E-state index contributed by atoms with van der Waals surface area (Å²) in [6, 6.07) is 3.57. The second-order valence-electron chi connectivity index (χ2n) is 6.75. The van der Waals surface area contributed by atoms with Crippen LogP contribution in [0.1, 0.15) is 25.0 Å². The number of nitrogens with one attached hydrogen (secondary N) is 1. The molecular formula is C17H25ClN4O2. The molecule has 2 amide bonds. The second-order valence-corrected chi connectivity index (χ2v) is 7.13. The molecule has 24 heavy (non-hydrogen) atoms. The lowest BCUT2D eigenvalue weighted by atomic mass is 10.1. The van der Waals surface area contributed by atoms with Gasteiger partial charge >= 0.3 is 6.03 Å². The van der Waals surface area contributed by atoms with Gasteiger partial charge in [-0.2, -0.15) is 0 Å². The number of amides is 2. The number of hydrogen-bond donors (Lipinski definition) is 2. The summed E-state index contributed by atoms with van der Waals surface area (Å²) >= 11 is 5.86. The van der Waals surface area contributed by atoms with Gasteiger partial charge in [-0.3, -0.25) is 4.90 Å². The number of aliphatic hydroxyl groups is 1. The van der Waals surface area contributed by atoms with E-state index in [0.29, 0.717) is 36.0 Å². The first kappa shape index (κ1) is 17.5. The van der Waals surface area contributed by atoms with E-state index in [4.69, 9.17) is 11.6 Å². The fourth-order valence-corrected chi connectivity index (χ4v) is 3.42. The molecule has 1 aromatic heterocycles. The zero-order valence-electron chi connectivity index (χ0n) is 14.0. The monoisotopic (exact) mass is 352 g/mol. The SMILES string of the molecule is Cc1nc(Cl)ccc1NC(=O)N1CCN(CC2CC2)[C@H](CCO)C1. The Labute approximate surface area is 147 Å². The molecule has 1 saturated heterocycles. The van der Waals surface area contributed by atoms with Crippen molar-refractivity contribution in [1.82, 2.24) is 14.8 Å². The van der Waals surface area contributed by atoms with E-state index < -0.39 is 0 Å². The molecule has 2 fully saturated rings. The molecule has 1 aliphatic heterocycles. The third-order valence-electron chi connectivity index (χ3n) is 4.84. The van der Waals surface area contributed by atoms with Crippen molar-refractivity contribution in [3.63, 3.8) is 0 Å². The Morgan fingerprint density at radius 2 is 2.21 bits per heavy atom. The van der Waals surface area contributed by atoms with Gasteiger partial charge in [0.25, 0.3) is 0 Å². The van der Waals surface area contributed by atoms with Crippen LogP contribution in [0.25, 0.3) is 0 Å². The maximum absolute atomic E-state index is 12.6. The molecule has 0 radical (unpaired) electrons. The third kappa shape index (κ3) is 4.37. The van der Waals surface area contributed by atoms with Crippen molar-refractivity contribution in [2.75, 3.05) is 38.1 Å². The molecule has 1 atom stereocenters. The number of urea groups is 1. The molecule has 1 aliphatic carbocycles. The third-order valence-corrected chi connectivity index (χ3v) is 5.05. The zero-order valence-corrected chi connectivity index (χ0v) is 14.8. The minimum absolute atomic E-state index is 0.115. The summed E-state index contributed by atoms with van der Waals surface area (Å²) in [7, 11) is 0. The van der Waals surface area contributed by atoms with Crippen LogP contribution in [-0.4, -0.2) is 64.7 Å². The summed E-state index contributed by atoms with van der Waals surface area (Å²) in [4.78, 5) is 21.0. The number of aromatic nitrogens is 1. The van der Waals surface area contributed by atoms with Crippen LogP contribution in [0.15, 0.2) is 12.1 Å². The summed E-state index contributed by atoms with van der Waals surface area (Å²) in [5, 5.41) is 12.7. The van der Waals surface area contributed by atoms with Crippen LogP contribution in [0, 0.1) is 12.8 Å². The van der Waals surface area contributed by atoms with Crippen molar-refractivity contribution in [3.8, 4) is 0 Å². The number of nitrogens with zero attached hydrogens (tertiary/aromatic N) is 3. The number of carbonyl (C=O) groups excluding carboxylic acids is 1. The van der Waals surface area contributed by atoms with Crippen molar-refractivity contribution >= 4 is 23.3 Å². The number of pyridine rings is 1. The van der Waals surface area contributed by atoms with E-state index in [1.807, 2.05) is 11.8 Å². The Morgan fingerprint density at radius 3 is 2.88 bits per heavy atom. The van der Waals surface area contributed by atoms with Crippen LogP contribution in [0.2, 0.25) is 5.15 Å². The second kappa shape index (κ2) is 7.68. The average Bonchev–Trinajstić information content (AvgIpc) is 3.36. The van der Waals surface area contributed by atoms with E-state index in [9.17, 15) is 9.90 Å². The fourth-order valence-electron chi connectivity index (χ4n) is 3.23. The maximum Gasteiger partial charge on any atom is 0.321 e. The molecular weight excluding hydrogens is 328 g/mol. The average molecular weight is 353 g/mol. The van der Waals surface area contributed by atoms with E-state index in [2.05, 4.69) is 15.2 Å². The standard InChI is InChI=1S/C17H25ClN4O2/c1-12-15(4-5-16(18)19-12)20-17(24)22-8-7-21(10-13-2-3-13)14(11-22)6-9-23/h4-5,13-14,23H,2-3,6-11H2,1H3,(H,20,24)/t14-/m1/s1. The first-order chi connectivity index (χ1) is 11.6. The first-order valence-corrected chi connectivity index (χ1v) is 8.98. The first-order valence-electron chi connectivity index (χ1n) is 8.61. The van der Waals surface area contributed by atoms with Gasteiger partial charge in [-0.05, 0) is 44.2 Å². The van der Waals surface area contributed by atoms with Crippen molar-refractivity contribution in [3.05, 3.63) is 23.0 Å². The highest BCUT2D eigenvalue weighted by atomic mass is 35.5. The number of carbonyl (C=O) groups is 1. The van der Waals surface area contributed by atoms with Gasteiger partial charge in [-0.1, -0.05) is 11.6 Å². The van der Waals surface area contributed by atoms with E-state index in [1.165, 1.54) is 12.8 Å². The summed E-state index contributed by atoms with van der Waals surface area (Å²) in [6.45, 7) is 5.30. The van der Waals surface area contributed by atoms with Crippen molar-refractivity contribution in [2.24, 2.45) is 5.92 Å². The lowest BCUT2D eigenvalue weighted by Crippen LogP contribution is -2.56. The van der Waals surface area contributed by atoms with Crippen LogP contribution < -0.4 is 5.32 Å². The lowest BCUT2D eigenvalue weighted by molar-refractivity contribution is 0.0739. The Morgan fingerprint density at radius 1 is 1.42 bits per heavy atom. The molecule has 0 spiro atoms. The van der Waals surface area contributed by atoms with Crippen molar-refractivity contribution < 1.29 is 9.90 Å². The highest BCUT2D eigenvalue weighted by Gasteiger charge is 2.33. The van der Waals surface area contributed by atoms with Crippen LogP contribution in [0.3, 0.4) is 0 Å². The van der Waals surface area contributed by atoms with E-state index in [-0.39, 0.29) is 18.7 Å². The molecule has 0 bridgehead atoms. The van der Waals surface area contributed by atoms with E-state index in [0.717, 1.165) is 19.0 Å². The van der Waals surface area contributed by atoms with Gasteiger partial charge < -0.3 is 15.3 Å². The van der Waals surface area contributed by atoms with Gasteiger partial charge in [-0.15, -0.1) is 0 Å². The number of rotatable bonds is 5. The molecule has 2 N–H and O–H groups in total. The molecule has 0 aromatic carbocycles. The minimum atomic E-state index is -0.115. The number of aryl methyl sites for hydroxylation is 1. The molecule has 0 unspecified atom stereocenters. The smallest absolute Gasteiger partial charge is 0.321 e. The minimum Gasteiger partial charge on any atom is -0.396 e. The molecule has 6 nitrogen and oxygen atoms in total. The van der Waals surface area contributed by atoms with Gasteiger partial charge in [-0.25, -0.2) is 9.78 Å². The highest BCUT2D eigenvalue weighted by molar-refractivity contribution is 6.29. The summed E-state index contributed by atoms with van der Waals surface area (Å²) < 4.78 is 0. The van der Waals surface area contributed by atoms with Gasteiger partial charge in [0.05, 0.1) is 11.4 Å². The fraction of sp³-hybridized carbons (Fsp3) is 0.647. The molecule has 1 saturated carbocycles. The van der Waals surface area contributed by atoms with Gasteiger partial charge in [0.1, 0.15) is 5.15 Å². The Hall–Kier alpha value is -1.37. The summed E-state index contributed by atoms with van der Waals surface area (Å²) in [6.07, 6.45) is 3.34.